The smallest absolute Gasteiger partial charge is 0.407 e. The molecular formula is C16H18N4O3S. The van der Waals surface area contributed by atoms with E-state index in [0.29, 0.717) is 42.7 Å². The van der Waals surface area contributed by atoms with Gasteiger partial charge in [0.05, 0.1) is 0 Å². The molecular weight excluding hydrogens is 328 g/mol. The van der Waals surface area contributed by atoms with Crippen molar-refractivity contribution in [2.45, 2.75) is 18.8 Å². The number of rotatable bonds is 3. The van der Waals surface area contributed by atoms with Crippen molar-refractivity contribution in [3.63, 3.8) is 0 Å². The normalized spacial score (nSPS) is 15.3. The first-order chi connectivity index (χ1) is 11.6. The van der Waals surface area contributed by atoms with E-state index in [9.17, 15) is 4.79 Å². The van der Waals surface area contributed by atoms with Gasteiger partial charge in [-0.25, -0.2) is 4.79 Å². The van der Waals surface area contributed by atoms with Gasteiger partial charge in [-0.1, -0.05) is 24.4 Å². The van der Waals surface area contributed by atoms with Crippen molar-refractivity contribution in [2.75, 3.05) is 20.1 Å². The average molecular weight is 346 g/mol. The third-order valence-electron chi connectivity index (χ3n) is 4.18. The number of nitrogens with zero attached hydrogens (tertiary/aromatic N) is 3. The van der Waals surface area contributed by atoms with Crippen LogP contribution in [0.4, 0.5) is 4.79 Å². The van der Waals surface area contributed by atoms with Crippen LogP contribution in [0.2, 0.25) is 0 Å². The molecule has 24 heavy (non-hydrogen) atoms. The zero-order chi connectivity index (χ0) is 17.1. The van der Waals surface area contributed by atoms with Gasteiger partial charge in [0.1, 0.15) is 4.99 Å². The fourth-order valence-electron chi connectivity index (χ4n) is 2.74. The molecule has 0 unspecified atom stereocenters. The molecule has 1 amide bonds. The molecule has 1 aliphatic heterocycles. The zero-order valence-electron chi connectivity index (χ0n) is 13.2. The molecule has 1 aliphatic rings. The number of likely N-dealkylation sites (tertiary alicyclic amines) is 1. The minimum absolute atomic E-state index is 0.109. The van der Waals surface area contributed by atoms with Gasteiger partial charge < -0.3 is 19.7 Å². The molecule has 2 N–H and O–H groups in total. The van der Waals surface area contributed by atoms with Crippen LogP contribution in [0.5, 0.6) is 0 Å². The summed E-state index contributed by atoms with van der Waals surface area (Å²) in [5.41, 5.74) is 1.76. The van der Waals surface area contributed by atoms with Crippen LogP contribution in [-0.2, 0) is 0 Å². The summed E-state index contributed by atoms with van der Waals surface area (Å²) in [4.78, 5) is 13.0. The van der Waals surface area contributed by atoms with E-state index in [4.69, 9.17) is 21.7 Å². The molecule has 0 aliphatic carbocycles. The van der Waals surface area contributed by atoms with Crippen molar-refractivity contribution in [1.82, 2.24) is 20.4 Å². The Hall–Kier alpha value is -2.48. The molecule has 0 atom stereocenters. The van der Waals surface area contributed by atoms with Gasteiger partial charge in [0, 0.05) is 37.2 Å². The van der Waals surface area contributed by atoms with E-state index in [1.165, 1.54) is 4.90 Å². The molecule has 1 saturated heterocycles. The van der Waals surface area contributed by atoms with Gasteiger partial charge in [-0.15, -0.1) is 10.2 Å². The summed E-state index contributed by atoms with van der Waals surface area (Å²) < 4.78 is 5.79. The Labute approximate surface area is 144 Å². The van der Waals surface area contributed by atoms with Crippen LogP contribution >= 0.6 is 12.2 Å². The molecule has 1 aromatic heterocycles. The highest BCUT2D eigenvalue weighted by atomic mass is 32.1. The molecule has 3 rings (SSSR count). The Morgan fingerprint density at radius 3 is 2.54 bits per heavy atom. The molecule has 0 bridgehead atoms. The van der Waals surface area contributed by atoms with E-state index < -0.39 is 6.09 Å². The second-order valence-electron chi connectivity index (χ2n) is 5.65. The number of hydrogen-bond acceptors (Lipinski definition) is 5. The maximum Gasteiger partial charge on any atom is 0.407 e. The Morgan fingerprint density at radius 2 is 1.96 bits per heavy atom. The summed E-state index contributed by atoms with van der Waals surface area (Å²) in [7, 11) is 1.79. The number of hydrogen-bond donors (Lipinski definition) is 2. The highest BCUT2D eigenvalue weighted by molar-refractivity contribution is 7.80. The molecule has 0 spiro atoms. The molecule has 0 saturated carbocycles. The summed E-state index contributed by atoms with van der Waals surface area (Å²) >= 11 is 5.19. The molecule has 1 aromatic carbocycles. The van der Waals surface area contributed by atoms with Gasteiger partial charge in [-0.2, -0.15) is 0 Å². The molecule has 0 radical (unpaired) electrons. The Morgan fingerprint density at radius 1 is 1.29 bits per heavy atom. The van der Waals surface area contributed by atoms with Crippen LogP contribution < -0.4 is 5.32 Å². The van der Waals surface area contributed by atoms with E-state index in [1.807, 2.05) is 24.3 Å². The molecule has 126 valence electrons. The lowest BCUT2D eigenvalue weighted by Gasteiger charge is -2.27. The fourth-order valence-corrected chi connectivity index (χ4v) is 2.88. The first kappa shape index (κ1) is 16.4. The molecule has 7 nitrogen and oxygen atoms in total. The largest absolute Gasteiger partial charge is 0.465 e. The van der Waals surface area contributed by atoms with E-state index >= 15 is 0 Å². The van der Waals surface area contributed by atoms with Crippen molar-refractivity contribution >= 4 is 23.3 Å². The van der Waals surface area contributed by atoms with Crippen molar-refractivity contribution in [3.05, 3.63) is 35.7 Å². The molecule has 2 aromatic rings. The lowest BCUT2D eigenvalue weighted by atomic mass is 9.97. The minimum Gasteiger partial charge on any atom is -0.465 e. The average Bonchev–Trinajstić information content (AvgIpc) is 3.11. The van der Waals surface area contributed by atoms with Crippen LogP contribution in [0.1, 0.15) is 30.2 Å². The van der Waals surface area contributed by atoms with E-state index in [1.54, 1.807) is 7.05 Å². The van der Waals surface area contributed by atoms with Gasteiger partial charge in [-0.3, -0.25) is 0 Å². The lowest BCUT2D eigenvalue weighted by Crippen LogP contribution is -2.36. The summed E-state index contributed by atoms with van der Waals surface area (Å²) in [5.74, 6) is 1.15. The number of amides is 1. The van der Waals surface area contributed by atoms with Crippen molar-refractivity contribution in [2.24, 2.45) is 0 Å². The van der Waals surface area contributed by atoms with Gasteiger partial charge in [0.15, 0.2) is 0 Å². The number of thiocarbonyl (C=S) groups is 1. The number of carbonyl (C=O) groups is 1. The lowest BCUT2D eigenvalue weighted by molar-refractivity contribution is 0.129. The van der Waals surface area contributed by atoms with Crippen molar-refractivity contribution in [3.8, 4) is 11.5 Å². The quantitative estimate of drug-likeness (QED) is 0.825. The summed E-state index contributed by atoms with van der Waals surface area (Å²) in [6.07, 6.45) is 0.520. The molecule has 2 heterocycles. The molecule has 1 fully saturated rings. The summed E-state index contributed by atoms with van der Waals surface area (Å²) in [6.45, 7) is 0.988. The summed E-state index contributed by atoms with van der Waals surface area (Å²) in [6, 6.07) is 7.60. The minimum atomic E-state index is -0.876. The standard InChI is InChI=1S/C16H18N4O3S/c1-17-15(24)12-4-2-10(3-5-12)13-18-19-14(23-13)11-6-8-20(9-7-11)16(21)22/h2-5,11H,6-9H2,1H3,(H,17,24)(H,21,22). The van der Waals surface area contributed by atoms with E-state index in [0.717, 1.165) is 11.1 Å². The first-order valence-corrected chi connectivity index (χ1v) is 8.13. The number of aromatic nitrogens is 2. The predicted molar refractivity (Wildman–Crippen MR) is 92.1 cm³/mol. The van der Waals surface area contributed by atoms with Crippen LogP contribution in [0.15, 0.2) is 28.7 Å². The third-order valence-corrected chi connectivity index (χ3v) is 4.62. The van der Waals surface area contributed by atoms with Gasteiger partial charge in [-0.05, 0) is 25.0 Å². The van der Waals surface area contributed by atoms with Crippen LogP contribution in [-0.4, -0.2) is 51.4 Å². The topological polar surface area (TPSA) is 91.5 Å². The monoisotopic (exact) mass is 346 g/mol. The highest BCUT2D eigenvalue weighted by Crippen LogP contribution is 2.29. The van der Waals surface area contributed by atoms with Crippen molar-refractivity contribution < 1.29 is 14.3 Å². The molecule has 8 heteroatoms. The third kappa shape index (κ3) is 3.38. The van der Waals surface area contributed by atoms with Gasteiger partial charge in [0.2, 0.25) is 11.8 Å². The van der Waals surface area contributed by atoms with E-state index in [2.05, 4.69) is 15.5 Å². The Balaban J connectivity index is 1.70. The summed E-state index contributed by atoms with van der Waals surface area (Å²) in [5, 5.41) is 20.2. The van der Waals surface area contributed by atoms with Gasteiger partial charge >= 0.3 is 6.09 Å². The number of piperidine rings is 1. The maximum atomic E-state index is 10.9. The number of benzene rings is 1. The highest BCUT2D eigenvalue weighted by Gasteiger charge is 2.27. The second-order valence-corrected chi connectivity index (χ2v) is 6.05. The predicted octanol–water partition coefficient (Wildman–Crippen LogP) is 2.49. The maximum absolute atomic E-state index is 10.9. The zero-order valence-corrected chi connectivity index (χ0v) is 14.0. The number of carboxylic acid groups (broad SMARTS) is 1. The SMILES string of the molecule is CNC(=S)c1ccc(-c2nnc(C3CCN(C(=O)O)CC3)o2)cc1. The van der Waals surface area contributed by atoms with Crippen molar-refractivity contribution in [1.29, 1.82) is 0 Å². The fraction of sp³-hybridized carbons (Fsp3) is 0.375. The van der Waals surface area contributed by atoms with Crippen LogP contribution in [0.3, 0.4) is 0 Å². The second kappa shape index (κ2) is 6.96. The first-order valence-electron chi connectivity index (χ1n) is 7.72. The van der Waals surface area contributed by atoms with E-state index in [-0.39, 0.29) is 5.92 Å². The Bertz CT molecular complexity index is 736. The van der Waals surface area contributed by atoms with Crippen LogP contribution in [0.25, 0.3) is 11.5 Å². The van der Waals surface area contributed by atoms with Gasteiger partial charge in [0.25, 0.3) is 0 Å². The van der Waals surface area contributed by atoms with Crippen LogP contribution in [0, 0.1) is 0 Å². The number of nitrogens with one attached hydrogen (secondary N) is 1. The Kier molecular flexibility index (Phi) is 4.75.